The molecule has 35 heavy (non-hydrogen) atoms. The van der Waals surface area contributed by atoms with Crippen molar-refractivity contribution < 1.29 is 23.9 Å². The zero-order valence-corrected chi connectivity index (χ0v) is 20.9. The fourth-order valence-corrected chi connectivity index (χ4v) is 3.65. The van der Waals surface area contributed by atoms with Crippen LogP contribution in [0, 0.1) is 6.92 Å². The van der Waals surface area contributed by atoms with Crippen molar-refractivity contribution in [3.8, 4) is 5.75 Å². The number of benzene rings is 2. The van der Waals surface area contributed by atoms with Crippen molar-refractivity contribution in [3.05, 3.63) is 58.1 Å². The Morgan fingerprint density at radius 1 is 1.20 bits per heavy atom. The molecule has 10 heteroatoms. The molecule has 3 N–H and O–H groups in total. The Morgan fingerprint density at radius 3 is 2.63 bits per heavy atom. The number of rotatable bonds is 13. The molecule has 0 aliphatic carbocycles. The average Bonchev–Trinajstić information content (AvgIpc) is 2.84. The lowest BCUT2D eigenvalue weighted by atomic mass is 10.0. The Kier molecular flexibility index (Phi) is 11.2. The third-order valence-corrected chi connectivity index (χ3v) is 5.82. The number of nitrogens with one attached hydrogen (secondary N) is 3. The second kappa shape index (κ2) is 14.1. The van der Waals surface area contributed by atoms with E-state index >= 15 is 0 Å². The summed E-state index contributed by atoms with van der Waals surface area (Å²) in [4.78, 5) is 48.7. The van der Waals surface area contributed by atoms with E-state index in [1.54, 1.807) is 42.3 Å². The molecule has 3 amide bonds. The van der Waals surface area contributed by atoms with E-state index in [-0.39, 0.29) is 32.0 Å². The van der Waals surface area contributed by atoms with Crippen molar-refractivity contribution in [2.45, 2.75) is 32.4 Å². The lowest BCUT2D eigenvalue weighted by Crippen LogP contribution is -2.43. The van der Waals surface area contributed by atoms with Crippen molar-refractivity contribution in [1.29, 1.82) is 0 Å². The molecule has 2 rings (SSSR count). The summed E-state index contributed by atoms with van der Waals surface area (Å²) in [5.41, 5.74) is 2.53. The maximum absolute atomic E-state index is 12.3. The van der Waals surface area contributed by atoms with Crippen LogP contribution in [0.3, 0.4) is 0 Å². The van der Waals surface area contributed by atoms with Crippen LogP contribution in [0.1, 0.15) is 34.3 Å². The van der Waals surface area contributed by atoms with Gasteiger partial charge in [-0.2, -0.15) is 0 Å². The number of hydrogen-bond acceptors (Lipinski definition) is 6. The average molecular weight is 503 g/mol. The number of urea groups is 1. The van der Waals surface area contributed by atoms with Crippen LogP contribution in [0.5, 0.6) is 5.75 Å². The van der Waals surface area contributed by atoms with Gasteiger partial charge in [0.05, 0.1) is 12.6 Å². The molecular weight excluding hydrogens is 472 g/mol. The van der Waals surface area contributed by atoms with Gasteiger partial charge >= 0.3 is 6.03 Å². The number of ether oxygens (including phenoxy) is 1. The van der Waals surface area contributed by atoms with Gasteiger partial charge in [0.2, 0.25) is 5.91 Å². The molecule has 0 radical (unpaired) electrons. The van der Waals surface area contributed by atoms with Crippen LogP contribution in [-0.4, -0.2) is 62.7 Å². The van der Waals surface area contributed by atoms with E-state index in [4.69, 9.17) is 16.3 Å². The van der Waals surface area contributed by atoms with Crippen LogP contribution in [0.4, 0.5) is 10.5 Å². The smallest absolute Gasteiger partial charge is 0.319 e. The molecule has 0 bridgehead atoms. The Hall–Kier alpha value is -3.43. The molecule has 188 valence electrons. The number of aryl methyl sites for hydroxylation is 1. The molecule has 0 aromatic heterocycles. The Balaban J connectivity index is 2.00. The van der Waals surface area contributed by atoms with E-state index in [1.807, 2.05) is 13.0 Å². The van der Waals surface area contributed by atoms with Crippen molar-refractivity contribution in [3.63, 3.8) is 0 Å². The molecule has 0 spiro atoms. The number of likely N-dealkylation sites (N-methyl/N-ethyl adjacent to an activating group) is 2. The normalized spacial score (nSPS) is 11.5. The first kappa shape index (κ1) is 27.8. The fourth-order valence-electron chi connectivity index (χ4n) is 3.47. The van der Waals surface area contributed by atoms with Crippen LogP contribution in [0.25, 0.3) is 0 Å². The Bertz CT molecular complexity index is 1050. The Morgan fingerprint density at radius 2 is 1.97 bits per heavy atom. The molecule has 0 saturated carbocycles. The van der Waals surface area contributed by atoms with Crippen molar-refractivity contribution in [1.82, 2.24) is 15.5 Å². The van der Waals surface area contributed by atoms with Gasteiger partial charge in [-0.05, 0) is 44.2 Å². The minimum Gasteiger partial charge on any atom is -0.491 e. The van der Waals surface area contributed by atoms with Crippen molar-refractivity contribution in [2.75, 3.05) is 32.6 Å². The van der Waals surface area contributed by atoms with Crippen molar-refractivity contribution in [2.24, 2.45) is 0 Å². The SMILES string of the molecule is CNC(=O)C(CCC=O)N(C)Cc1c(C=O)cccc1OCCNC(=O)Nc1ccc(C)c(Cl)c1. The fraction of sp³-hybridized carbons (Fsp3) is 0.360. The summed E-state index contributed by atoms with van der Waals surface area (Å²) in [7, 11) is 3.29. The number of halogens is 1. The third-order valence-electron chi connectivity index (χ3n) is 5.42. The molecule has 1 atom stereocenters. The van der Waals surface area contributed by atoms with E-state index in [0.717, 1.165) is 18.1 Å². The maximum Gasteiger partial charge on any atom is 0.319 e. The molecule has 2 aromatic carbocycles. The first-order valence-corrected chi connectivity index (χ1v) is 11.5. The number of nitrogens with zero attached hydrogens (tertiary/aromatic N) is 1. The molecule has 9 nitrogen and oxygen atoms in total. The van der Waals surface area contributed by atoms with Gasteiger partial charge < -0.3 is 25.5 Å². The van der Waals surface area contributed by atoms with E-state index in [9.17, 15) is 19.2 Å². The van der Waals surface area contributed by atoms with Gasteiger partial charge in [-0.3, -0.25) is 14.5 Å². The number of aldehydes is 2. The van der Waals surface area contributed by atoms with E-state index < -0.39 is 12.1 Å². The summed E-state index contributed by atoms with van der Waals surface area (Å²) in [6, 6.07) is 9.39. The summed E-state index contributed by atoms with van der Waals surface area (Å²) >= 11 is 6.08. The lowest BCUT2D eigenvalue weighted by molar-refractivity contribution is -0.126. The minimum absolute atomic E-state index is 0.158. The molecular formula is C25H31ClN4O5. The summed E-state index contributed by atoms with van der Waals surface area (Å²) in [6.45, 7) is 2.50. The van der Waals surface area contributed by atoms with Gasteiger partial charge in [-0.1, -0.05) is 29.8 Å². The predicted molar refractivity (Wildman–Crippen MR) is 135 cm³/mol. The van der Waals surface area contributed by atoms with Crippen LogP contribution < -0.4 is 20.7 Å². The number of carbonyl (C=O) groups is 4. The molecule has 0 heterocycles. The van der Waals surface area contributed by atoms with E-state index in [0.29, 0.717) is 34.0 Å². The predicted octanol–water partition coefficient (Wildman–Crippen LogP) is 3.19. The summed E-state index contributed by atoms with van der Waals surface area (Å²) < 4.78 is 5.86. The van der Waals surface area contributed by atoms with Gasteiger partial charge in [-0.25, -0.2) is 4.79 Å². The number of carbonyl (C=O) groups excluding carboxylic acids is 4. The van der Waals surface area contributed by atoms with Gasteiger partial charge in [-0.15, -0.1) is 0 Å². The largest absolute Gasteiger partial charge is 0.491 e. The number of hydrogen-bond donors (Lipinski definition) is 3. The molecule has 0 fully saturated rings. The zero-order valence-electron chi connectivity index (χ0n) is 20.1. The highest BCUT2D eigenvalue weighted by Crippen LogP contribution is 2.24. The molecule has 2 aromatic rings. The topological polar surface area (TPSA) is 117 Å². The van der Waals surface area contributed by atoms with Gasteiger partial charge in [0, 0.05) is 41.9 Å². The quantitative estimate of drug-likeness (QED) is 0.286. The van der Waals surface area contributed by atoms with Crippen LogP contribution >= 0.6 is 11.6 Å². The van der Waals surface area contributed by atoms with E-state index in [1.165, 1.54) is 7.05 Å². The monoisotopic (exact) mass is 502 g/mol. The summed E-state index contributed by atoms with van der Waals surface area (Å²) in [5.74, 6) is 0.255. The third kappa shape index (κ3) is 8.38. The summed E-state index contributed by atoms with van der Waals surface area (Å²) in [5, 5.41) is 8.58. The first-order chi connectivity index (χ1) is 16.8. The maximum atomic E-state index is 12.3. The molecule has 0 aliphatic heterocycles. The lowest BCUT2D eigenvalue weighted by Gasteiger charge is -2.27. The number of amides is 3. The Labute approximate surface area is 210 Å². The second-order valence-electron chi connectivity index (χ2n) is 7.92. The summed E-state index contributed by atoms with van der Waals surface area (Å²) in [6.07, 6.45) is 2.09. The first-order valence-electron chi connectivity index (χ1n) is 11.2. The zero-order chi connectivity index (χ0) is 25.8. The highest BCUT2D eigenvalue weighted by molar-refractivity contribution is 6.31. The van der Waals surface area contributed by atoms with Crippen LogP contribution in [-0.2, 0) is 16.1 Å². The van der Waals surface area contributed by atoms with Gasteiger partial charge in [0.1, 0.15) is 18.6 Å². The van der Waals surface area contributed by atoms with Crippen LogP contribution in [0.2, 0.25) is 5.02 Å². The van der Waals surface area contributed by atoms with Crippen LogP contribution in [0.15, 0.2) is 36.4 Å². The molecule has 0 saturated heterocycles. The number of anilines is 1. The van der Waals surface area contributed by atoms with Gasteiger partial charge in [0.25, 0.3) is 0 Å². The molecule has 1 unspecified atom stereocenters. The molecule has 0 aliphatic rings. The highest BCUT2D eigenvalue weighted by atomic mass is 35.5. The highest BCUT2D eigenvalue weighted by Gasteiger charge is 2.24. The van der Waals surface area contributed by atoms with Crippen molar-refractivity contribution >= 4 is 41.8 Å². The van der Waals surface area contributed by atoms with Gasteiger partial charge in [0.15, 0.2) is 6.29 Å². The van der Waals surface area contributed by atoms with E-state index in [2.05, 4.69) is 16.0 Å². The minimum atomic E-state index is -0.543. The standard InChI is InChI=1S/C25H31ClN4O5/c1-17-9-10-19(14-21(17)26)29-25(34)28-11-13-35-23-8-4-6-18(16-32)20(23)15-30(3)22(7-5-12-31)24(33)27-2/h4,6,8-10,12,14,16,22H,5,7,11,13,15H2,1-3H3,(H,27,33)(H2,28,29,34). The second-order valence-corrected chi connectivity index (χ2v) is 8.33.